The lowest BCUT2D eigenvalue weighted by atomic mass is 10.0. The van der Waals surface area contributed by atoms with Crippen LogP contribution in [-0.4, -0.2) is 37.5 Å². The summed E-state index contributed by atoms with van der Waals surface area (Å²) < 4.78 is 10.8. The van der Waals surface area contributed by atoms with Gasteiger partial charge in [0.2, 0.25) is 5.79 Å². The van der Waals surface area contributed by atoms with Gasteiger partial charge in [-0.05, 0) is 13.8 Å². The fourth-order valence-electron chi connectivity index (χ4n) is 1.60. The van der Waals surface area contributed by atoms with E-state index in [0.717, 1.165) is 0 Å². The number of halogens is 2. The van der Waals surface area contributed by atoms with Crippen molar-refractivity contribution < 1.29 is 9.47 Å². The summed E-state index contributed by atoms with van der Waals surface area (Å²) in [5, 5.41) is 0. The first kappa shape index (κ1) is 12.1. The molecule has 0 aliphatic carbocycles. The molecule has 1 saturated heterocycles. The summed E-state index contributed by atoms with van der Waals surface area (Å²) in [5.74, 6) is -0.761. The largest absolute Gasteiger partial charge is 0.360 e. The molecule has 1 rings (SSSR count). The molecule has 0 spiro atoms. The van der Waals surface area contributed by atoms with Gasteiger partial charge in [-0.3, -0.25) is 0 Å². The van der Waals surface area contributed by atoms with Gasteiger partial charge in [0.15, 0.2) is 0 Å². The summed E-state index contributed by atoms with van der Waals surface area (Å²) in [7, 11) is 3.16. The van der Waals surface area contributed by atoms with Gasteiger partial charge in [0.25, 0.3) is 0 Å². The summed E-state index contributed by atoms with van der Waals surface area (Å²) in [5.41, 5.74) is 0.709. The van der Waals surface area contributed by atoms with Gasteiger partial charge in [0, 0.05) is 20.3 Å². The Balaban J connectivity index is 2.94. The number of likely N-dealkylation sites (tertiary alicyclic amines) is 1. The zero-order valence-corrected chi connectivity index (χ0v) is 10.3. The van der Waals surface area contributed by atoms with Gasteiger partial charge < -0.3 is 14.4 Å². The van der Waals surface area contributed by atoms with Crippen LogP contribution in [0.2, 0.25) is 0 Å². The normalized spacial score (nSPS) is 19.9. The van der Waals surface area contributed by atoms with E-state index < -0.39 is 5.79 Å². The first-order valence-corrected chi connectivity index (χ1v) is 5.16. The minimum atomic E-state index is -0.761. The van der Waals surface area contributed by atoms with Crippen molar-refractivity contribution in [3.63, 3.8) is 0 Å². The predicted octanol–water partition coefficient (Wildman–Crippen LogP) is 2.35. The van der Waals surface area contributed by atoms with Crippen LogP contribution in [0.4, 0.5) is 0 Å². The van der Waals surface area contributed by atoms with E-state index in [0.29, 0.717) is 18.3 Å². The van der Waals surface area contributed by atoms with Crippen molar-refractivity contribution in [1.82, 2.24) is 4.90 Å². The molecule has 0 radical (unpaired) electrons. The van der Waals surface area contributed by atoms with Crippen LogP contribution in [-0.2, 0) is 9.47 Å². The standard InChI is InChI=1S/C9H15Cl2NO2/c1-6(2)12-5-9(13-3,14-4)7(12)8(10)11/h6H,5H2,1-4H3. The number of rotatable bonds is 3. The molecule has 3 nitrogen and oxygen atoms in total. The summed E-state index contributed by atoms with van der Waals surface area (Å²) in [6.45, 7) is 4.77. The van der Waals surface area contributed by atoms with Gasteiger partial charge in [-0.1, -0.05) is 23.2 Å². The third-order valence-corrected chi connectivity index (χ3v) is 2.85. The fourth-order valence-corrected chi connectivity index (χ4v) is 2.11. The number of hydrogen-bond acceptors (Lipinski definition) is 3. The summed E-state index contributed by atoms with van der Waals surface area (Å²) in [6.07, 6.45) is 0. The second-order valence-electron chi connectivity index (χ2n) is 3.49. The Morgan fingerprint density at radius 2 is 1.86 bits per heavy atom. The van der Waals surface area contributed by atoms with Crippen LogP contribution in [0.5, 0.6) is 0 Å². The molecular formula is C9H15Cl2NO2. The highest BCUT2D eigenvalue weighted by atomic mass is 35.5. The third kappa shape index (κ3) is 1.74. The van der Waals surface area contributed by atoms with Crippen LogP contribution >= 0.6 is 23.2 Å². The van der Waals surface area contributed by atoms with Crippen molar-refractivity contribution in [3.05, 3.63) is 10.2 Å². The molecule has 1 aliphatic heterocycles. The molecule has 5 heteroatoms. The fraction of sp³-hybridized carbons (Fsp3) is 0.778. The molecule has 0 aromatic carbocycles. The molecule has 0 saturated carbocycles. The zero-order chi connectivity index (χ0) is 10.9. The molecule has 0 amide bonds. The maximum absolute atomic E-state index is 5.80. The molecule has 0 bridgehead atoms. The Hall–Kier alpha value is 0.0400. The van der Waals surface area contributed by atoms with Crippen LogP contribution < -0.4 is 0 Å². The molecule has 82 valence electrons. The van der Waals surface area contributed by atoms with E-state index in [2.05, 4.69) is 13.8 Å². The molecule has 14 heavy (non-hydrogen) atoms. The van der Waals surface area contributed by atoms with Crippen molar-refractivity contribution in [1.29, 1.82) is 0 Å². The van der Waals surface area contributed by atoms with E-state index in [1.54, 1.807) is 14.2 Å². The molecule has 1 heterocycles. The lowest BCUT2D eigenvalue weighted by Gasteiger charge is -2.52. The van der Waals surface area contributed by atoms with Crippen molar-refractivity contribution >= 4 is 23.2 Å². The van der Waals surface area contributed by atoms with E-state index in [9.17, 15) is 0 Å². The van der Waals surface area contributed by atoms with E-state index in [1.807, 2.05) is 4.90 Å². The highest BCUT2D eigenvalue weighted by molar-refractivity contribution is 6.56. The van der Waals surface area contributed by atoms with Gasteiger partial charge in [-0.25, -0.2) is 0 Å². The van der Waals surface area contributed by atoms with Crippen LogP contribution in [0.15, 0.2) is 10.2 Å². The van der Waals surface area contributed by atoms with E-state index >= 15 is 0 Å². The lowest BCUT2D eigenvalue weighted by molar-refractivity contribution is -0.245. The quantitative estimate of drug-likeness (QED) is 0.707. The SMILES string of the molecule is COC1(OC)CN(C(C)C)C1=C(Cl)Cl. The second kappa shape index (κ2) is 4.27. The molecule has 1 fully saturated rings. The molecule has 0 atom stereocenters. The summed E-state index contributed by atoms with van der Waals surface area (Å²) in [4.78, 5) is 2.04. The van der Waals surface area contributed by atoms with E-state index in [4.69, 9.17) is 32.7 Å². The third-order valence-electron chi connectivity index (χ3n) is 2.49. The van der Waals surface area contributed by atoms with Crippen LogP contribution in [0.3, 0.4) is 0 Å². The molecule has 0 aromatic heterocycles. The number of methoxy groups -OCH3 is 2. The maximum Gasteiger partial charge on any atom is 0.230 e. The van der Waals surface area contributed by atoms with Crippen molar-refractivity contribution in [2.24, 2.45) is 0 Å². The Bertz CT molecular complexity index is 245. The van der Waals surface area contributed by atoms with Crippen LogP contribution in [0.25, 0.3) is 0 Å². The Kier molecular flexibility index (Phi) is 3.69. The highest BCUT2D eigenvalue weighted by Crippen LogP contribution is 2.42. The molecule has 0 aromatic rings. The first-order chi connectivity index (χ1) is 6.48. The second-order valence-corrected chi connectivity index (χ2v) is 4.44. The Morgan fingerprint density at radius 1 is 1.36 bits per heavy atom. The highest BCUT2D eigenvalue weighted by Gasteiger charge is 2.51. The molecular weight excluding hydrogens is 225 g/mol. The lowest BCUT2D eigenvalue weighted by Crippen LogP contribution is -2.63. The molecule has 0 N–H and O–H groups in total. The monoisotopic (exact) mass is 239 g/mol. The average Bonchev–Trinajstić information content (AvgIpc) is 2.03. The smallest absolute Gasteiger partial charge is 0.230 e. The first-order valence-electron chi connectivity index (χ1n) is 4.41. The minimum absolute atomic E-state index is 0.202. The average molecular weight is 240 g/mol. The molecule has 0 unspecified atom stereocenters. The van der Waals surface area contributed by atoms with E-state index in [-0.39, 0.29) is 4.49 Å². The summed E-state index contributed by atoms with van der Waals surface area (Å²) >= 11 is 11.6. The predicted molar refractivity (Wildman–Crippen MR) is 57.3 cm³/mol. The van der Waals surface area contributed by atoms with Crippen LogP contribution in [0, 0.1) is 0 Å². The zero-order valence-electron chi connectivity index (χ0n) is 8.80. The number of nitrogens with zero attached hydrogens (tertiary/aromatic N) is 1. The van der Waals surface area contributed by atoms with Gasteiger partial charge in [-0.15, -0.1) is 0 Å². The van der Waals surface area contributed by atoms with E-state index in [1.165, 1.54) is 0 Å². The van der Waals surface area contributed by atoms with Crippen molar-refractivity contribution in [2.45, 2.75) is 25.7 Å². The van der Waals surface area contributed by atoms with Gasteiger partial charge in [0.05, 0.1) is 6.54 Å². The molecule has 1 aliphatic rings. The minimum Gasteiger partial charge on any atom is -0.360 e. The Labute approximate surface area is 94.6 Å². The number of hydrogen-bond donors (Lipinski definition) is 0. The van der Waals surface area contributed by atoms with Crippen molar-refractivity contribution in [3.8, 4) is 0 Å². The summed E-state index contributed by atoms with van der Waals surface area (Å²) in [6, 6.07) is 0.330. The van der Waals surface area contributed by atoms with Gasteiger partial charge in [0.1, 0.15) is 10.2 Å². The Morgan fingerprint density at radius 3 is 2.14 bits per heavy atom. The topological polar surface area (TPSA) is 21.7 Å². The van der Waals surface area contributed by atoms with Gasteiger partial charge >= 0.3 is 0 Å². The van der Waals surface area contributed by atoms with Crippen molar-refractivity contribution in [2.75, 3.05) is 20.8 Å². The maximum atomic E-state index is 5.80. The van der Waals surface area contributed by atoms with Gasteiger partial charge in [-0.2, -0.15) is 0 Å². The number of ether oxygens (including phenoxy) is 2. The van der Waals surface area contributed by atoms with Crippen LogP contribution in [0.1, 0.15) is 13.8 Å².